The van der Waals surface area contributed by atoms with Crippen LogP contribution < -0.4 is 10.6 Å². The van der Waals surface area contributed by atoms with Gasteiger partial charge < -0.3 is 25.2 Å². The van der Waals surface area contributed by atoms with Crippen molar-refractivity contribution in [1.82, 2.24) is 10.6 Å². The van der Waals surface area contributed by atoms with Gasteiger partial charge in [-0.25, -0.2) is 9.59 Å². The van der Waals surface area contributed by atoms with Crippen molar-refractivity contribution < 1.29 is 29.0 Å². The fourth-order valence-corrected chi connectivity index (χ4v) is 4.21. The first-order valence-corrected chi connectivity index (χ1v) is 11.5. The minimum atomic E-state index is -1.08. The molecule has 3 atom stereocenters. The van der Waals surface area contributed by atoms with Crippen LogP contribution in [0.4, 0.5) is 4.79 Å². The first-order chi connectivity index (χ1) is 16.3. The van der Waals surface area contributed by atoms with Gasteiger partial charge >= 0.3 is 12.1 Å². The first kappa shape index (κ1) is 25.2. The van der Waals surface area contributed by atoms with Crippen molar-refractivity contribution in [3.05, 3.63) is 59.7 Å². The Morgan fingerprint density at radius 1 is 1.03 bits per heavy atom. The number of hydrogen-bond donors (Lipinski definition) is 3. The molecule has 2 aromatic rings. The lowest BCUT2D eigenvalue weighted by Gasteiger charge is -2.22. The molecule has 2 aromatic carbocycles. The molecule has 1 aliphatic rings. The van der Waals surface area contributed by atoms with E-state index in [0.29, 0.717) is 6.42 Å². The van der Waals surface area contributed by atoms with Crippen LogP contribution in [0.3, 0.4) is 0 Å². The highest BCUT2D eigenvalue weighted by molar-refractivity contribution is 5.84. The minimum absolute atomic E-state index is 0.0457. The van der Waals surface area contributed by atoms with Crippen molar-refractivity contribution in [1.29, 1.82) is 0 Å². The van der Waals surface area contributed by atoms with Crippen molar-refractivity contribution in [2.75, 3.05) is 20.3 Å². The highest BCUT2D eigenvalue weighted by atomic mass is 16.5. The van der Waals surface area contributed by atoms with Crippen LogP contribution in [0.2, 0.25) is 0 Å². The standard InChI is InChI=1S/C26H32N2O6/c1-4-16(2)24(25(30)31)28-23(29)13-17(33-3)14-27-26(32)34-15-22-20-11-7-5-9-18(20)19-10-6-8-12-21(19)22/h5-12,16-17,22,24H,4,13-15H2,1-3H3,(H,27,32)(H,28,29)(H,30,31). The molecule has 3 unspecified atom stereocenters. The molecule has 0 aliphatic heterocycles. The Labute approximate surface area is 199 Å². The molecule has 8 nitrogen and oxygen atoms in total. The van der Waals surface area contributed by atoms with Gasteiger partial charge in [0, 0.05) is 19.6 Å². The molecule has 0 aromatic heterocycles. The summed E-state index contributed by atoms with van der Waals surface area (Å²) in [6.45, 7) is 3.88. The molecule has 0 spiro atoms. The predicted octanol–water partition coefficient (Wildman–Crippen LogP) is 3.55. The van der Waals surface area contributed by atoms with E-state index in [2.05, 4.69) is 22.8 Å². The Morgan fingerprint density at radius 2 is 1.62 bits per heavy atom. The second-order valence-electron chi connectivity index (χ2n) is 8.54. The Bertz CT molecular complexity index is 978. The molecule has 0 bridgehead atoms. The number of benzene rings is 2. The molecule has 3 rings (SSSR count). The van der Waals surface area contributed by atoms with E-state index >= 15 is 0 Å². The highest BCUT2D eigenvalue weighted by Gasteiger charge is 2.29. The zero-order valence-electron chi connectivity index (χ0n) is 19.7. The number of nitrogens with one attached hydrogen (secondary N) is 2. The number of amides is 2. The molecule has 0 fully saturated rings. The average molecular weight is 469 g/mol. The zero-order valence-corrected chi connectivity index (χ0v) is 19.7. The number of rotatable bonds is 11. The Balaban J connectivity index is 1.51. The maximum atomic E-state index is 12.4. The Morgan fingerprint density at radius 3 is 2.15 bits per heavy atom. The van der Waals surface area contributed by atoms with Crippen LogP contribution in [0, 0.1) is 5.92 Å². The van der Waals surface area contributed by atoms with E-state index in [9.17, 15) is 19.5 Å². The molecule has 182 valence electrons. The SMILES string of the molecule is CCC(C)C(NC(=O)CC(CNC(=O)OCC1c2ccccc2-c2ccccc21)OC)C(=O)O. The molecule has 1 aliphatic carbocycles. The summed E-state index contributed by atoms with van der Waals surface area (Å²) in [5, 5.41) is 14.5. The smallest absolute Gasteiger partial charge is 0.407 e. The highest BCUT2D eigenvalue weighted by Crippen LogP contribution is 2.44. The van der Waals surface area contributed by atoms with Gasteiger partial charge in [0.05, 0.1) is 12.5 Å². The molecule has 8 heteroatoms. The van der Waals surface area contributed by atoms with E-state index in [-0.39, 0.29) is 31.4 Å². The van der Waals surface area contributed by atoms with Crippen molar-refractivity contribution in [2.45, 2.75) is 44.8 Å². The summed E-state index contributed by atoms with van der Waals surface area (Å²) in [5.41, 5.74) is 4.54. The van der Waals surface area contributed by atoms with Gasteiger partial charge in [-0.1, -0.05) is 68.8 Å². The van der Waals surface area contributed by atoms with E-state index < -0.39 is 30.1 Å². The normalized spacial score (nSPS) is 14.9. The third-order valence-electron chi connectivity index (χ3n) is 6.36. The number of aliphatic carboxylic acids is 1. The minimum Gasteiger partial charge on any atom is -0.480 e. The predicted molar refractivity (Wildman–Crippen MR) is 128 cm³/mol. The number of carbonyl (C=O) groups excluding carboxylic acids is 2. The molecular weight excluding hydrogens is 436 g/mol. The van der Waals surface area contributed by atoms with Crippen molar-refractivity contribution in [2.24, 2.45) is 5.92 Å². The molecular formula is C26H32N2O6. The van der Waals surface area contributed by atoms with E-state index in [1.807, 2.05) is 43.3 Å². The zero-order chi connectivity index (χ0) is 24.7. The molecule has 0 radical (unpaired) electrons. The van der Waals surface area contributed by atoms with Crippen LogP contribution in [0.25, 0.3) is 11.1 Å². The lowest BCUT2D eigenvalue weighted by Crippen LogP contribution is -2.46. The lowest BCUT2D eigenvalue weighted by atomic mass is 9.98. The molecule has 0 saturated carbocycles. The van der Waals surface area contributed by atoms with Crippen LogP contribution in [-0.4, -0.2) is 55.5 Å². The molecule has 0 heterocycles. The fraction of sp³-hybridized carbons (Fsp3) is 0.423. The molecule has 0 saturated heterocycles. The van der Waals surface area contributed by atoms with Gasteiger partial charge in [-0.2, -0.15) is 0 Å². The number of hydrogen-bond acceptors (Lipinski definition) is 5. The number of fused-ring (bicyclic) bond motifs is 3. The van der Waals surface area contributed by atoms with Crippen LogP contribution in [0.5, 0.6) is 0 Å². The van der Waals surface area contributed by atoms with E-state index in [4.69, 9.17) is 9.47 Å². The number of carbonyl (C=O) groups is 3. The summed E-state index contributed by atoms with van der Waals surface area (Å²) in [7, 11) is 1.43. The second-order valence-corrected chi connectivity index (χ2v) is 8.54. The third-order valence-corrected chi connectivity index (χ3v) is 6.36. The van der Waals surface area contributed by atoms with E-state index in [1.165, 1.54) is 7.11 Å². The van der Waals surface area contributed by atoms with Gasteiger partial charge in [0.25, 0.3) is 0 Å². The van der Waals surface area contributed by atoms with Crippen molar-refractivity contribution in [3.8, 4) is 11.1 Å². The second kappa shape index (κ2) is 11.7. The van der Waals surface area contributed by atoms with Gasteiger partial charge in [-0.05, 0) is 28.2 Å². The quantitative estimate of drug-likeness (QED) is 0.465. The largest absolute Gasteiger partial charge is 0.480 e. The lowest BCUT2D eigenvalue weighted by molar-refractivity contribution is -0.143. The third kappa shape index (κ3) is 5.94. The first-order valence-electron chi connectivity index (χ1n) is 11.5. The molecule has 3 N–H and O–H groups in total. The van der Waals surface area contributed by atoms with E-state index in [1.54, 1.807) is 6.92 Å². The van der Waals surface area contributed by atoms with Crippen molar-refractivity contribution in [3.63, 3.8) is 0 Å². The number of carboxylic acids is 1. The summed E-state index contributed by atoms with van der Waals surface area (Å²) in [4.78, 5) is 36.1. The van der Waals surface area contributed by atoms with Crippen LogP contribution in [0.15, 0.2) is 48.5 Å². The Kier molecular flexibility index (Phi) is 8.65. The number of carboxylic acid groups (broad SMARTS) is 1. The fourth-order valence-electron chi connectivity index (χ4n) is 4.21. The summed E-state index contributed by atoms with van der Waals surface area (Å²) >= 11 is 0. The summed E-state index contributed by atoms with van der Waals surface area (Å²) in [6.07, 6.45) is -0.687. The molecule has 34 heavy (non-hydrogen) atoms. The van der Waals surface area contributed by atoms with Gasteiger partial charge in [0.2, 0.25) is 5.91 Å². The Hall–Kier alpha value is -3.39. The van der Waals surface area contributed by atoms with Crippen LogP contribution >= 0.6 is 0 Å². The number of methoxy groups -OCH3 is 1. The van der Waals surface area contributed by atoms with Crippen LogP contribution in [0.1, 0.15) is 43.7 Å². The maximum Gasteiger partial charge on any atom is 0.407 e. The number of alkyl carbamates (subject to hydrolysis) is 1. The van der Waals surface area contributed by atoms with Gasteiger partial charge in [0.1, 0.15) is 12.6 Å². The average Bonchev–Trinajstić information content (AvgIpc) is 3.16. The van der Waals surface area contributed by atoms with E-state index in [0.717, 1.165) is 22.3 Å². The molecule has 2 amide bonds. The van der Waals surface area contributed by atoms with Crippen LogP contribution in [-0.2, 0) is 19.1 Å². The van der Waals surface area contributed by atoms with Gasteiger partial charge in [-0.3, -0.25) is 4.79 Å². The van der Waals surface area contributed by atoms with Gasteiger partial charge in [-0.15, -0.1) is 0 Å². The summed E-state index contributed by atoms with van der Waals surface area (Å²) in [6, 6.07) is 15.2. The summed E-state index contributed by atoms with van der Waals surface area (Å²) in [5.74, 6) is -1.78. The van der Waals surface area contributed by atoms with Gasteiger partial charge in [0.15, 0.2) is 0 Å². The summed E-state index contributed by atoms with van der Waals surface area (Å²) < 4.78 is 10.8. The number of ether oxygens (including phenoxy) is 2. The maximum absolute atomic E-state index is 12.4. The monoisotopic (exact) mass is 468 g/mol. The van der Waals surface area contributed by atoms with Crippen molar-refractivity contribution >= 4 is 18.0 Å². The topological polar surface area (TPSA) is 114 Å².